The first-order valence-corrected chi connectivity index (χ1v) is 10.5. The molecule has 0 bridgehead atoms. The topological polar surface area (TPSA) is 79.6 Å². The number of rotatable bonds is 7. The van der Waals surface area contributed by atoms with Crippen LogP contribution in [0.25, 0.3) is 6.08 Å². The number of nitriles is 1. The molecule has 0 radical (unpaired) electrons. The van der Waals surface area contributed by atoms with Gasteiger partial charge in [0, 0.05) is 11.6 Å². The quantitative estimate of drug-likeness (QED) is 0.379. The van der Waals surface area contributed by atoms with Gasteiger partial charge in [-0.05, 0) is 55.5 Å². The summed E-state index contributed by atoms with van der Waals surface area (Å²) in [5, 5.41) is 9.55. The van der Waals surface area contributed by atoms with Gasteiger partial charge < -0.3 is 9.47 Å². The number of nitrogens with zero attached hydrogens (tertiary/aromatic N) is 2. The highest BCUT2D eigenvalue weighted by Gasteiger charge is 2.40. The Balaban J connectivity index is 1.98. The van der Waals surface area contributed by atoms with Crippen molar-refractivity contribution in [1.82, 2.24) is 4.90 Å². The molecule has 1 saturated carbocycles. The molecule has 0 atom stereocenters. The summed E-state index contributed by atoms with van der Waals surface area (Å²) in [5.41, 5.74) is 1.58. The first-order valence-electron chi connectivity index (χ1n) is 10.5. The van der Waals surface area contributed by atoms with Gasteiger partial charge in [-0.2, -0.15) is 5.26 Å². The zero-order chi connectivity index (χ0) is 21.7. The van der Waals surface area contributed by atoms with Crippen molar-refractivity contribution in [3.05, 3.63) is 40.5 Å². The molecule has 1 aromatic rings. The van der Waals surface area contributed by atoms with Gasteiger partial charge in [0.25, 0.3) is 11.8 Å². The van der Waals surface area contributed by atoms with Crippen LogP contribution in [0.1, 0.15) is 57.9 Å². The second-order valence-electron chi connectivity index (χ2n) is 7.70. The zero-order valence-corrected chi connectivity index (χ0v) is 17.9. The minimum absolute atomic E-state index is 0.0410. The van der Waals surface area contributed by atoms with Gasteiger partial charge in [0.15, 0.2) is 11.5 Å². The number of unbranched alkanes of at least 4 members (excludes halogenated alkanes) is 1. The Hall–Kier alpha value is -3.07. The highest BCUT2D eigenvalue weighted by molar-refractivity contribution is 6.19. The van der Waals surface area contributed by atoms with Gasteiger partial charge in [-0.3, -0.25) is 14.5 Å². The molecule has 0 spiro atoms. The largest absolute Gasteiger partial charge is 0.493 e. The van der Waals surface area contributed by atoms with Crippen LogP contribution in [0.5, 0.6) is 11.5 Å². The predicted molar refractivity (Wildman–Crippen MR) is 114 cm³/mol. The summed E-state index contributed by atoms with van der Waals surface area (Å²) in [6, 6.07) is 7.34. The van der Waals surface area contributed by atoms with E-state index in [1.807, 2.05) is 18.2 Å². The van der Waals surface area contributed by atoms with Crippen LogP contribution in [-0.4, -0.2) is 36.5 Å². The van der Waals surface area contributed by atoms with Crippen molar-refractivity contribution < 1.29 is 19.1 Å². The normalized spacial score (nSPS) is 18.9. The molecular formula is C24H28N2O4. The molecule has 1 aliphatic heterocycles. The van der Waals surface area contributed by atoms with Crippen molar-refractivity contribution in [1.29, 1.82) is 5.26 Å². The van der Waals surface area contributed by atoms with Crippen molar-refractivity contribution in [2.75, 3.05) is 13.7 Å². The number of ether oxygens (including phenoxy) is 2. The van der Waals surface area contributed by atoms with Crippen LogP contribution in [0.15, 0.2) is 34.9 Å². The number of hydrogen-bond acceptors (Lipinski definition) is 5. The number of hydrogen-bond donors (Lipinski definition) is 0. The molecule has 2 amide bonds. The van der Waals surface area contributed by atoms with Crippen molar-refractivity contribution >= 4 is 17.9 Å². The monoisotopic (exact) mass is 408 g/mol. The molecule has 0 saturated heterocycles. The summed E-state index contributed by atoms with van der Waals surface area (Å²) >= 11 is 0. The number of amides is 2. The highest BCUT2D eigenvalue weighted by Crippen LogP contribution is 2.34. The number of imide groups is 1. The summed E-state index contributed by atoms with van der Waals surface area (Å²) < 4.78 is 11.2. The van der Waals surface area contributed by atoms with Gasteiger partial charge in [-0.1, -0.05) is 32.3 Å². The fourth-order valence-electron chi connectivity index (χ4n) is 3.98. The summed E-state index contributed by atoms with van der Waals surface area (Å²) in [7, 11) is 1.57. The van der Waals surface area contributed by atoms with E-state index in [2.05, 4.69) is 6.92 Å². The standard InChI is InChI=1S/C24H28N2O4/c1-4-5-12-30-21-11-10-17(14-22(21)29-3)13-19-16(2)20(15-25)24(28)26(23(19)27)18-8-6-7-9-18/h10-11,13-14,18H,4-9,12H2,1-3H3/b19-13+. The van der Waals surface area contributed by atoms with Gasteiger partial charge in [-0.15, -0.1) is 0 Å². The van der Waals surface area contributed by atoms with Crippen molar-refractivity contribution in [3.63, 3.8) is 0 Å². The zero-order valence-electron chi connectivity index (χ0n) is 17.9. The second-order valence-corrected chi connectivity index (χ2v) is 7.70. The predicted octanol–water partition coefficient (Wildman–Crippen LogP) is 4.41. The molecule has 1 heterocycles. The van der Waals surface area contributed by atoms with E-state index in [1.165, 1.54) is 4.90 Å². The van der Waals surface area contributed by atoms with E-state index in [-0.39, 0.29) is 17.5 Å². The van der Waals surface area contributed by atoms with E-state index in [9.17, 15) is 14.9 Å². The third kappa shape index (κ3) is 4.25. The Morgan fingerprint density at radius 2 is 1.93 bits per heavy atom. The minimum Gasteiger partial charge on any atom is -0.493 e. The summed E-state index contributed by atoms with van der Waals surface area (Å²) in [5.74, 6) is 0.428. The number of methoxy groups -OCH3 is 1. The molecule has 3 rings (SSSR count). The fraction of sp³-hybridized carbons (Fsp3) is 0.458. The smallest absolute Gasteiger partial charge is 0.271 e. The van der Waals surface area contributed by atoms with Crippen molar-refractivity contribution in [3.8, 4) is 17.6 Å². The molecule has 0 aromatic heterocycles. The van der Waals surface area contributed by atoms with Crippen LogP contribution in [0.2, 0.25) is 0 Å². The van der Waals surface area contributed by atoms with E-state index in [4.69, 9.17) is 9.47 Å². The molecule has 2 aliphatic rings. The maximum absolute atomic E-state index is 13.2. The van der Waals surface area contributed by atoms with Crippen molar-refractivity contribution in [2.45, 2.75) is 58.4 Å². The summed E-state index contributed by atoms with van der Waals surface area (Å²) in [6.45, 7) is 4.37. The first-order chi connectivity index (χ1) is 14.5. The third-order valence-electron chi connectivity index (χ3n) is 5.72. The van der Waals surface area contributed by atoms with Crippen LogP contribution in [-0.2, 0) is 9.59 Å². The average molecular weight is 408 g/mol. The molecule has 6 heteroatoms. The molecule has 30 heavy (non-hydrogen) atoms. The van der Waals surface area contributed by atoms with Crippen LogP contribution >= 0.6 is 0 Å². The number of carbonyl (C=O) groups is 2. The van der Waals surface area contributed by atoms with Crippen LogP contribution < -0.4 is 9.47 Å². The first kappa shape index (κ1) is 21.6. The Morgan fingerprint density at radius 3 is 2.57 bits per heavy atom. The average Bonchev–Trinajstić information content (AvgIpc) is 3.26. The van der Waals surface area contributed by atoms with Gasteiger partial charge in [0.1, 0.15) is 11.6 Å². The summed E-state index contributed by atoms with van der Waals surface area (Å²) in [4.78, 5) is 27.3. The van der Waals surface area contributed by atoms with Gasteiger partial charge in [0.2, 0.25) is 0 Å². The highest BCUT2D eigenvalue weighted by atomic mass is 16.5. The van der Waals surface area contributed by atoms with Gasteiger partial charge in [-0.25, -0.2) is 0 Å². The van der Waals surface area contributed by atoms with Gasteiger partial charge in [0.05, 0.1) is 13.7 Å². The Kier molecular flexibility index (Phi) is 6.94. The van der Waals surface area contributed by atoms with Crippen LogP contribution in [0, 0.1) is 11.3 Å². The van der Waals surface area contributed by atoms with E-state index in [0.29, 0.717) is 29.3 Å². The molecule has 1 aliphatic carbocycles. The molecule has 158 valence electrons. The van der Waals surface area contributed by atoms with E-state index in [0.717, 1.165) is 44.1 Å². The fourth-order valence-corrected chi connectivity index (χ4v) is 3.98. The number of benzene rings is 1. The SMILES string of the molecule is CCCCOc1ccc(/C=C2/C(=O)N(C3CCCC3)C(=O)C(C#N)=C2C)cc1OC. The van der Waals surface area contributed by atoms with Crippen molar-refractivity contribution in [2.24, 2.45) is 0 Å². The molecular weight excluding hydrogens is 380 g/mol. The van der Waals surface area contributed by atoms with E-state index in [1.54, 1.807) is 26.2 Å². The second kappa shape index (κ2) is 9.62. The van der Waals surface area contributed by atoms with E-state index >= 15 is 0 Å². The lowest BCUT2D eigenvalue weighted by molar-refractivity contribution is -0.143. The lowest BCUT2D eigenvalue weighted by atomic mass is 9.92. The third-order valence-corrected chi connectivity index (χ3v) is 5.72. The van der Waals surface area contributed by atoms with Gasteiger partial charge >= 0.3 is 0 Å². The summed E-state index contributed by atoms with van der Waals surface area (Å²) in [6.07, 6.45) is 7.28. The lowest BCUT2D eigenvalue weighted by Crippen LogP contribution is -2.47. The van der Waals surface area contributed by atoms with Crippen LogP contribution in [0.3, 0.4) is 0 Å². The lowest BCUT2D eigenvalue weighted by Gasteiger charge is -2.32. The molecule has 1 fully saturated rings. The number of carbonyl (C=O) groups excluding carboxylic acids is 2. The van der Waals surface area contributed by atoms with E-state index < -0.39 is 5.91 Å². The molecule has 0 unspecified atom stereocenters. The van der Waals surface area contributed by atoms with Crippen LogP contribution in [0.4, 0.5) is 0 Å². The molecule has 0 N–H and O–H groups in total. The maximum Gasteiger partial charge on any atom is 0.271 e. The molecule has 1 aromatic carbocycles. The molecule has 6 nitrogen and oxygen atoms in total. The Morgan fingerprint density at radius 1 is 1.20 bits per heavy atom. The Bertz CT molecular complexity index is 933. The Labute approximate surface area is 177 Å². The minimum atomic E-state index is -0.471. The maximum atomic E-state index is 13.2.